The minimum atomic E-state index is -0.612. The molecule has 0 N–H and O–H groups in total. The number of carbonyl (C=O) groups excluding carboxylic acids is 1. The smallest absolute Gasteiger partial charge is 0.327 e. The van der Waals surface area contributed by atoms with E-state index in [1.807, 2.05) is 20.8 Å². The zero-order valence-corrected chi connectivity index (χ0v) is 16.1. The van der Waals surface area contributed by atoms with E-state index in [0.717, 1.165) is 12.8 Å². The van der Waals surface area contributed by atoms with Crippen molar-refractivity contribution in [1.82, 2.24) is 4.90 Å². The van der Waals surface area contributed by atoms with E-state index in [-0.39, 0.29) is 46.7 Å². The number of rotatable bonds is 8. The summed E-state index contributed by atoms with van der Waals surface area (Å²) < 4.78 is 15.7. The van der Waals surface area contributed by atoms with Gasteiger partial charge in [-0.05, 0) is 25.7 Å². The van der Waals surface area contributed by atoms with E-state index in [2.05, 4.69) is 0 Å². The van der Waals surface area contributed by atoms with Crippen LogP contribution < -0.4 is 14.2 Å². The number of nitrogens with zero attached hydrogens (tertiary/aromatic N) is 2. The van der Waals surface area contributed by atoms with E-state index in [9.17, 15) is 14.9 Å². The van der Waals surface area contributed by atoms with Gasteiger partial charge in [-0.15, -0.1) is 0 Å². The van der Waals surface area contributed by atoms with Crippen LogP contribution in [-0.2, 0) is 0 Å². The third kappa shape index (κ3) is 3.54. The average Bonchev–Trinajstić information content (AvgIpc) is 3.43. The molecule has 1 fully saturated rings. The summed E-state index contributed by atoms with van der Waals surface area (Å²) in [7, 11) is 4.07. The molecule has 1 unspecified atom stereocenters. The summed E-state index contributed by atoms with van der Waals surface area (Å²) in [5, 5.41) is 11.7. The molecule has 1 aromatic rings. The second-order valence-corrected chi connectivity index (χ2v) is 6.73. The van der Waals surface area contributed by atoms with Crippen molar-refractivity contribution in [2.75, 3.05) is 21.3 Å². The summed E-state index contributed by atoms with van der Waals surface area (Å²) in [5.74, 6) is 0.0211. The van der Waals surface area contributed by atoms with Crippen LogP contribution in [0, 0.1) is 16.0 Å². The number of nitro groups is 1. The molecule has 0 radical (unpaired) electrons. The molecule has 0 saturated heterocycles. The van der Waals surface area contributed by atoms with E-state index in [4.69, 9.17) is 14.2 Å². The van der Waals surface area contributed by atoms with Gasteiger partial charge in [0.1, 0.15) is 5.56 Å². The van der Waals surface area contributed by atoms with Crippen LogP contribution >= 0.6 is 0 Å². The number of methoxy groups -OCH3 is 3. The minimum absolute atomic E-state index is 0.0475. The fourth-order valence-corrected chi connectivity index (χ4v) is 2.98. The molecule has 1 aliphatic carbocycles. The fourth-order valence-electron chi connectivity index (χ4n) is 2.98. The maximum absolute atomic E-state index is 13.3. The number of benzene rings is 1. The van der Waals surface area contributed by atoms with E-state index < -0.39 is 10.6 Å². The minimum Gasteiger partial charge on any atom is -0.493 e. The molecular weight excluding hydrogens is 340 g/mol. The Kier molecular flexibility index (Phi) is 5.94. The monoisotopic (exact) mass is 366 g/mol. The predicted molar refractivity (Wildman–Crippen MR) is 96.2 cm³/mol. The number of hydrogen-bond acceptors (Lipinski definition) is 6. The van der Waals surface area contributed by atoms with Crippen LogP contribution in [0.3, 0.4) is 0 Å². The molecule has 0 aliphatic heterocycles. The van der Waals surface area contributed by atoms with Gasteiger partial charge in [0.25, 0.3) is 5.91 Å². The van der Waals surface area contributed by atoms with E-state index in [1.165, 1.54) is 27.4 Å². The first-order valence-corrected chi connectivity index (χ1v) is 8.58. The Hall–Kier alpha value is -2.51. The first kappa shape index (κ1) is 19.8. The Morgan fingerprint density at radius 2 is 1.73 bits per heavy atom. The van der Waals surface area contributed by atoms with Crippen molar-refractivity contribution < 1.29 is 23.9 Å². The molecule has 144 valence electrons. The average molecular weight is 366 g/mol. The summed E-state index contributed by atoms with van der Waals surface area (Å²) in [6.45, 7) is 6.01. The predicted octanol–water partition coefficient (Wildman–Crippen LogP) is 3.27. The first-order chi connectivity index (χ1) is 12.3. The van der Waals surface area contributed by atoms with Crippen molar-refractivity contribution >= 4 is 11.6 Å². The van der Waals surface area contributed by atoms with Crippen molar-refractivity contribution in [1.29, 1.82) is 0 Å². The van der Waals surface area contributed by atoms with Crippen LogP contribution in [0.4, 0.5) is 5.69 Å². The van der Waals surface area contributed by atoms with Crippen molar-refractivity contribution in [3.05, 3.63) is 21.7 Å². The van der Waals surface area contributed by atoms with Crippen molar-refractivity contribution in [2.45, 2.75) is 45.7 Å². The molecule has 0 bridgehead atoms. The highest BCUT2D eigenvalue weighted by molar-refractivity contribution is 6.01. The molecule has 0 heterocycles. The molecule has 8 nitrogen and oxygen atoms in total. The molecule has 26 heavy (non-hydrogen) atoms. The van der Waals surface area contributed by atoms with Gasteiger partial charge >= 0.3 is 5.69 Å². The highest BCUT2D eigenvalue weighted by atomic mass is 16.6. The largest absolute Gasteiger partial charge is 0.493 e. The normalized spacial score (nSPS) is 14.7. The molecule has 1 amide bonds. The Bertz CT molecular complexity index is 699. The van der Waals surface area contributed by atoms with Crippen LogP contribution in [0.2, 0.25) is 0 Å². The highest BCUT2D eigenvalue weighted by Crippen LogP contribution is 2.47. The third-order valence-corrected chi connectivity index (χ3v) is 4.80. The lowest BCUT2D eigenvalue weighted by atomic mass is 10.0. The Balaban J connectivity index is 2.66. The van der Waals surface area contributed by atoms with Gasteiger partial charge in [-0.25, -0.2) is 0 Å². The Labute approximate surface area is 153 Å². The maximum atomic E-state index is 13.3. The second kappa shape index (κ2) is 7.80. The van der Waals surface area contributed by atoms with Gasteiger partial charge in [-0.3, -0.25) is 14.9 Å². The second-order valence-electron chi connectivity index (χ2n) is 6.73. The van der Waals surface area contributed by atoms with Crippen molar-refractivity contribution in [2.24, 2.45) is 5.92 Å². The summed E-state index contributed by atoms with van der Waals surface area (Å²) in [5.41, 5.74) is -0.458. The molecule has 8 heteroatoms. The van der Waals surface area contributed by atoms with Gasteiger partial charge in [-0.1, -0.05) is 13.8 Å². The number of hydrogen-bond donors (Lipinski definition) is 0. The Morgan fingerprint density at radius 3 is 2.12 bits per heavy atom. The van der Waals surface area contributed by atoms with Crippen LogP contribution in [0.5, 0.6) is 17.2 Å². The first-order valence-electron chi connectivity index (χ1n) is 8.58. The summed E-state index contributed by atoms with van der Waals surface area (Å²) >= 11 is 0. The standard InChI is InChI=1S/C18H26N2O6/c1-10(2)11(3)19(12-7-8-12)18(21)13-9-14(24-4)16(25-5)17(26-6)15(13)20(22)23/h9-12H,7-8H2,1-6H3. The molecule has 2 rings (SSSR count). The van der Waals surface area contributed by atoms with Gasteiger partial charge in [0.2, 0.25) is 11.5 Å². The molecule has 0 spiro atoms. The quantitative estimate of drug-likeness (QED) is 0.518. The van der Waals surface area contributed by atoms with E-state index >= 15 is 0 Å². The van der Waals surface area contributed by atoms with Gasteiger partial charge in [0, 0.05) is 18.2 Å². The molecule has 1 atom stereocenters. The highest BCUT2D eigenvalue weighted by Gasteiger charge is 2.41. The lowest BCUT2D eigenvalue weighted by Gasteiger charge is -2.32. The maximum Gasteiger partial charge on any atom is 0.327 e. The van der Waals surface area contributed by atoms with Crippen LogP contribution in [-0.4, -0.2) is 49.1 Å². The molecular formula is C18H26N2O6. The fraction of sp³-hybridized carbons (Fsp3) is 0.611. The van der Waals surface area contributed by atoms with Gasteiger partial charge < -0.3 is 19.1 Å². The topological polar surface area (TPSA) is 91.1 Å². The lowest BCUT2D eigenvalue weighted by molar-refractivity contribution is -0.386. The van der Waals surface area contributed by atoms with Crippen LogP contribution in [0.15, 0.2) is 6.07 Å². The molecule has 0 aromatic heterocycles. The van der Waals surface area contributed by atoms with Crippen LogP contribution in [0.1, 0.15) is 44.0 Å². The van der Waals surface area contributed by atoms with E-state index in [0.29, 0.717) is 0 Å². The summed E-state index contributed by atoms with van der Waals surface area (Å²) in [6, 6.07) is 1.43. The van der Waals surface area contributed by atoms with Gasteiger partial charge in [-0.2, -0.15) is 0 Å². The van der Waals surface area contributed by atoms with Gasteiger partial charge in [0.15, 0.2) is 5.75 Å². The van der Waals surface area contributed by atoms with Gasteiger partial charge in [0.05, 0.1) is 26.3 Å². The third-order valence-electron chi connectivity index (χ3n) is 4.80. The lowest BCUT2D eigenvalue weighted by Crippen LogP contribution is -2.43. The zero-order chi connectivity index (χ0) is 19.6. The van der Waals surface area contributed by atoms with Crippen molar-refractivity contribution in [3.8, 4) is 17.2 Å². The van der Waals surface area contributed by atoms with Crippen LogP contribution in [0.25, 0.3) is 0 Å². The zero-order valence-electron chi connectivity index (χ0n) is 16.1. The van der Waals surface area contributed by atoms with Crippen molar-refractivity contribution in [3.63, 3.8) is 0 Å². The number of ether oxygens (including phenoxy) is 3. The SMILES string of the molecule is COc1cc(C(=O)N(C2CC2)C(C)C(C)C)c([N+](=O)[O-])c(OC)c1OC. The Morgan fingerprint density at radius 1 is 1.15 bits per heavy atom. The molecule has 1 aliphatic rings. The number of nitro benzene ring substituents is 1. The molecule has 1 saturated carbocycles. The molecule has 1 aromatic carbocycles. The number of amides is 1. The summed E-state index contributed by atoms with van der Waals surface area (Å²) in [4.78, 5) is 26.2. The number of carbonyl (C=O) groups is 1. The summed E-state index contributed by atoms with van der Waals surface area (Å²) in [6.07, 6.45) is 1.81. The van der Waals surface area contributed by atoms with E-state index in [1.54, 1.807) is 4.90 Å².